The van der Waals surface area contributed by atoms with Gasteiger partial charge in [0.1, 0.15) is 0 Å². The minimum Gasteiger partial charge on any atom is -0.313 e. The summed E-state index contributed by atoms with van der Waals surface area (Å²) in [6.07, 6.45) is 10.0. The zero-order chi connectivity index (χ0) is 15.1. The predicted molar refractivity (Wildman–Crippen MR) is 93.1 cm³/mol. The van der Waals surface area contributed by atoms with E-state index in [9.17, 15) is 0 Å². The zero-order valence-corrected chi connectivity index (χ0v) is 14.7. The molecule has 2 atom stereocenters. The van der Waals surface area contributed by atoms with E-state index in [1.165, 1.54) is 37.1 Å². The molecule has 1 aromatic heterocycles. The van der Waals surface area contributed by atoms with E-state index >= 15 is 0 Å². The molecule has 4 heteroatoms. The maximum atomic E-state index is 4.75. The van der Waals surface area contributed by atoms with Crippen molar-refractivity contribution in [3.05, 3.63) is 18.0 Å². The number of hydrogen-bond donors (Lipinski definition) is 1. The largest absolute Gasteiger partial charge is 0.313 e. The molecule has 0 bridgehead atoms. The molecule has 3 nitrogen and oxygen atoms in total. The Hall–Kier alpha value is -0.480. The van der Waals surface area contributed by atoms with Crippen molar-refractivity contribution >= 4 is 11.8 Å². The van der Waals surface area contributed by atoms with Crippen LogP contribution in [0.5, 0.6) is 0 Å². The van der Waals surface area contributed by atoms with Crippen molar-refractivity contribution in [3.8, 4) is 0 Å². The Balaban J connectivity index is 1.84. The van der Waals surface area contributed by atoms with Gasteiger partial charge in [-0.3, -0.25) is 4.68 Å². The topological polar surface area (TPSA) is 29.9 Å². The van der Waals surface area contributed by atoms with Gasteiger partial charge in [0.15, 0.2) is 0 Å². The Morgan fingerprint density at radius 2 is 2.14 bits per heavy atom. The molecule has 1 aromatic rings. The van der Waals surface area contributed by atoms with E-state index in [4.69, 9.17) is 5.10 Å². The molecule has 2 unspecified atom stereocenters. The van der Waals surface area contributed by atoms with Crippen LogP contribution in [0, 0.1) is 0 Å². The van der Waals surface area contributed by atoms with Gasteiger partial charge in [-0.05, 0) is 38.8 Å². The third-order valence-electron chi connectivity index (χ3n) is 4.49. The number of hydrogen-bond acceptors (Lipinski definition) is 3. The fraction of sp³-hybridized carbons (Fsp3) is 0.824. The standard InChI is InChI=1S/C17H31N3S/c1-4-14(3)20-11-10-15(19-20)12-16(18-5-2)13-21-17-8-6-7-9-17/h10-11,14,16-18H,4-9,12-13H2,1-3H3. The molecule has 2 rings (SSSR count). The van der Waals surface area contributed by atoms with Crippen LogP contribution in [0.3, 0.4) is 0 Å². The van der Waals surface area contributed by atoms with Gasteiger partial charge in [-0.1, -0.05) is 26.7 Å². The molecule has 0 aromatic carbocycles. The van der Waals surface area contributed by atoms with Crippen LogP contribution in [0.15, 0.2) is 12.3 Å². The van der Waals surface area contributed by atoms with Gasteiger partial charge in [-0.15, -0.1) is 0 Å². The fourth-order valence-electron chi connectivity index (χ4n) is 2.96. The van der Waals surface area contributed by atoms with Gasteiger partial charge in [0.2, 0.25) is 0 Å². The summed E-state index contributed by atoms with van der Waals surface area (Å²) in [5, 5.41) is 9.29. The Labute approximate surface area is 134 Å². The van der Waals surface area contributed by atoms with Crippen LogP contribution in [0.4, 0.5) is 0 Å². The number of aromatic nitrogens is 2. The highest BCUT2D eigenvalue weighted by atomic mass is 32.2. The highest BCUT2D eigenvalue weighted by Crippen LogP contribution is 2.30. The van der Waals surface area contributed by atoms with Crippen molar-refractivity contribution in [1.82, 2.24) is 15.1 Å². The van der Waals surface area contributed by atoms with Gasteiger partial charge in [0.25, 0.3) is 0 Å². The molecule has 0 spiro atoms. The number of nitrogens with zero attached hydrogens (tertiary/aromatic N) is 2. The van der Waals surface area contributed by atoms with E-state index < -0.39 is 0 Å². The van der Waals surface area contributed by atoms with Gasteiger partial charge in [0, 0.05) is 35.7 Å². The van der Waals surface area contributed by atoms with Gasteiger partial charge in [0.05, 0.1) is 5.69 Å². The molecule has 0 amide bonds. The first-order valence-electron chi connectivity index (χ1n) is 8.61. The van der Waals surface area contributed by atoms with Crippen LogP contribution in [0.2, 0.25) is 0 Å². The summed E-state index contributed by atoms with van der Waals surface area (Å²) < 4.78 is 2.11. The number of likely N-dealkylation sites (N-methyl/N-ethyl adjacent to an activating group) is 1. The molecule has 1 N–H and O–H groups in total. The van der Waals surface area contributed by atoms with E-state index in [1.807, 2.05) is 0 Å². The number of thioether (sulfide) groups is 1. The van der Waals surface area contributed by atoms with E-state index in [-0.39, 0.29) is 0 Å². The van der Waals surface area contributed by atoms with Crippen LogP contribution < -0.4 is 5.32 Å². The second kappa shape index (κ2) is 8.84. The quantitative estimate of drug-likeness (QED) is 0.746. The van der Waals surface area contributed by atoms with Crippen LogP contribution in [0.25, 0.3) is 0 Å². The molecule has 1 fully saturated rings. The minimum absolute atomic E-state index is 0.504. The Morgan fingerprint density at radius 1 is 1.38 bits per heavy atom. The molecular weight excluding hydrogens is 278 g/mol. The first kappa shape index (κ1) is 16.9. The molecular formula is C17H31N3S. The van der Waals surface area contributed by atoms with Crippen molar-refractivity contribution in [2.45, 2.75) is 76.6 Å². The van der Waals surface area contributed by atoms with Crippen LogP contribution in [-0.2, 0) is 6.42 Å². The number of nitrogens with one attached hydrogen (secondary N) is 1. The first-order valence-corrected chi connectivity index (χ1v) is 9.66. The number of rotatable bonds is 9. The highest BCUT2D eigenvalue weighted by Gasteiger charge is 2.18. The Bertz CT molecular complexity index is 398. The normalized spacial score (nSPS) is 19.0. The van der Waals surface area contributed by atoms with Crippen LogP contribution in [0.1, 0.15) is 64.6 Å². The average Bonchev–Trinajstić information content (AvgIpc) is 3.15. The fourth-order valence-corrected chi connectivity index (χ4v) is 4.36. The molecule has 1 heterocycles. The summed E-state index contributed by atoms with van der Waals surface area (Å²) >= 11 is 2.17. The molecule has 120 valence electrons. The molecule has 0 aliphatic heterocycles. The molecule has 0 radical (unpaired) electrons. The van der Waals surface area contributed by atoms with E-state index in [0.29, 0.717) is 12.1 Å². The molecule has 21 heavy (non-hydrogen) atoms. The van der Waals surface area contributed by atoms with Gasteiger partial charge in [-0.25, -0.2) is 0 Å². The third kappa shape index (κ3) is 5.33. The molecule has 0 saturated heterocycles. The lowest BCUT2D eigenvalue weighted by Crippen LogP contribution is -2.34. The van der Waals surface area contributed by atoms with E-state index in [0.717, 1.165) is 24.6 Å². The maximum absolute atomic E-state index is 4.75. The first-order chi connectivity index (χ1) is 10.2. The lowest BCUT2D eigenvalue weighted by Gasteiger charge is -2.19. The Kier molecular flexibility index (Phi) is 7.11. The van der Waals surface area contributed by atoms with E-state index in [2.05, 4.69) is 54.8 Å². The van der Waals surface area contributed by atoms with Crippen LogP contribution >= 0.6 is 11.8 Å². The maximum Gasteiger partial charge on any atom is 0.0640 e. The SMILES string of the molecule is CCNC(CSC1CCCC1)Cc1ccn(C(C)CC)n1. The highest BCUT2D eigenvalue weighted by molar-refractivity contribution is 7.99. The predicted octanol–water partition coefficient (Wildman–Crippen LogP) is 4.05. The van der Waals surface area contributed by atoms with Gasteiger partial charge < -0.3 is 5.32 Å². The molecule has 1 aliphatic carbocycles. The Morgan fingerprint density at radius 3 is 2.81 bits per heavy atom. The van der Waals surface area contributed by atoms with Crippen molar-refractivity contribution in [2.24, 2.45) is 0 Å². The smallest absolute Gasteiger partial charge is 0.0640 e. The lowest BCUT2D eigenvalue weighted by atomic mass is 10.2. The zero-order valence-electron chi connectivity index (χ0n) is 13.8. The van der Waals surface area contributed by atoms with Crippen molar-refractivity contribution in [3.63, 3.8) is 0 Å². The average molecular weight is 310 g/mol. The van der Waals surface area contributed by atoms with Crippen molar-refractivity contribution in [1.29, 1.82) is 0 Å². The summed E-state index contributed by atoms with van der Waals surface area (Å²) in [5.74, 6) is 1.22. The summed E-state index contributed by atoms with van der Waals surface area (Å²) in [5.41, 5.74) is 1.23. The monoisotopic (exact) mass is 309 g/mol. The second-order valence-corrected chi connectivity index (χ2v) is 7.58. The van der Waals surface area contributed by atoms with Crippen molar-refractivity contribution in [2.75, 3.05) is 12.3 Å². The van der Waals surface area contributed by atoms with Gasteiger partial charge >= 0.3 is 0 Å². The van der Waals surface area contributed by atoms with Gasteiger partial charge in [-0.2, -0.15) is 16.9 Å². The molecule has 1 saturated carbocycles. The minimum atomic E-state index is 0.504. The summed E-state index contributed by atoms with van der Waals surface area (Å²) in [4.78, 5) is 0. The van der Waals surface area contributed by atoms with Crippen LogP contribution in [-0.4, -0.2) is 33.4 Å². The van der Waals surface area contributed by atoms with E-state index in [1.54, 1.807) is 0 Å². The second-order valence-electron chi connectivity index (χ2n) is 6.24. The lowest BCUT2D eigenvalue weighted by molar-refractivity contribution is 0.469. The third-order valence-corrected chi connectivity index (χ3v) is 6.03. The summed E-state index contributed by atoms with van der Waals surface area (Å²) in [7, 11) is 0. The summed E-state index contributed by atoms with van der Waals surface area (Å²) in [6, 6.07) is 3.25. The summed E-state index contributed by atoms with van der Waals surface area (Å²) in [6.45, 7) is 7.69. The molecule has 1 aliphatic rings. The van der Waals surface area contributed by atoms with Crippen molar-refractivity contribution < 1.29 is 0 Å².